The minimum atomic E-state index is -0.359. The SMILES string of the molecule is COC(=O)c1ccc(-c2ccccc2)c(-c2ccco2)c1. The Labute approximate surface area is 122 Å². The van der Waals surface area contributed by atoms with Gasteiger partial charge in [-0.3, -0.25) is 0 Å². The maximum absolute atomic E-state index is 11.7. The lowest BCUT2D eigenvalue weighted by molar-refractivity contribution is 0.0601. The Morgan fingerprint density at radius 2 is 1.76 bits per heavy atom. The first kappa shape index (κ1) is 13.2. The molecule has 0 radical (unpaired) electrons. The zero-order valence-electron chi connectivity index (χ0n) is 11.6. The van der Waals surface area contributed by atoms with Crippen molar-refractivity contribution in [3.8, 4) is 22.5 Å². The van der Waals surface area contributed by atoms with Crippen LogP contribution < -0.4 is 0 Å². The maximum atomic E-state index is 11.7. The first-order valence-corrected chi connectivity index (χ1v) is 6.61. The van der Waals surface area contributed by atoms with Crippen LogP contribution >= 0.6 is 0 Å². The Bertz CT molecular complexity index is 743. The lowest BCUT2D eigenvalue weighted by Crippen LogP contribution is -2.01. The molecule has 1 heterocycles. The fourth-order valence-corrected chi connectivity index (χ4v) is 2.29. The van der Waals surface area contributed by atoms with Crippen LogP contribution in [0, 0.1) is 0 Å². The van der Waals surface area contributed by atoms with Crippen molar-refractivity contribution >= 4 is 5.97 Å². The van der Waals surface area contributed by atoms with Gasteiger partial charge in [0.15, 0.2) is 0 Å². The molecule has 3 nitrogen and oxygen atoms in total. The number of methoxy groups -OCH3 is 1. The number of ether oxygens (including phenoxy) is 1. The summed E-state index contributed by atoms with van der Waals surface area (Å²) in [7, 11) is 1.38. The van der Waals surface area contributed by atoms with Crippen LogP contribution in [-0.2, 0) is 4.74 Å². The molecule has 0 fully saturated rings. The Morgan fingerprint density at radius 3 is 2.43 bits per heavy atom. The average Bonchev–Trinajstić information content (AvgIpc) is 3.09. The number of esters is 1. The van der Waals surface area contributed by atoms with E-state index in [1.54, 1.807) is 18.4 Å². The van der Waals surface area contributed by atoms with E-state index >= 15 is 0 Å². The van der Waals surface area contributed by atoms with Crippen LogP contribution in [0.2, 0.25) is 0 Å². The summed E-state index contributed by atoms with van der Waals surface area (Å²) in [4.78, 5) is 11.7. The van der Waals surface area contributed by atoms with Crippen molar-refractivity contribution in [1.82, 2.24) is 0 Å². The number of carbonyl (C=O) groups excluding carboxylic acids is 1. The molecular formula is C18H14O3. The number of rotatable bonds is 3. The lowest BCUT2D eigenvalue weighted by atomic mass is 9.96. The van der Waals surface area contributed by atoms with Crippen LogP contribution in [-0.4, -0.2) is 13.1 Å². The minimum absolute atomic E-state index is 0.359. The molecule has 3 rings (SSSR count). The number of hydrogen-bond donors (Lipinski definition) is 0. The minimum Gasteiger partial charge on any atom is -0.465 e. The van der Waals surface area contributed by atoms with Gasteiger partial charge in [0.1, 0.15) is 5.76 Å². The fourth-order valence-electron chi connectivity index (χ4n) is 2.29. The maximum Gasteiger partial charge on any atom is 0.337 e. The summed E-state index contributed by atoms with van der Waals surface area (Å²) >= 11 is 0. The van der Waals surface area contributed by atoms with E-state index < -0.39 is 0 Å². The van der Waals surface area contributed by atoms with E-state index in [0.29, 0.717) is 5.56 Å². The first-order valence-electron chi connectivity index (χ1n) is 6.61. The molecule has 0 aliphatic heterocycles. The van der Waals surface area contributed by atoms with E-state index in [-0.39, 0.29) is 5.97 Å². The highest BCUT2D eigenvalue weighted by atomic mass is 16.5. The van der Waals surface area contributed by atoms with Gasteiger partial charge in [0.05, 0.1) is 18.9 Å². The van der Waals surface area contributed by atoms with Gasteiger partial charge in [-0.1, -0.05) is 36.4 Å². The third kappa shape index (κ3) is 2.58. The van der Waals surface area contributed by atoms with Crippen LogP contribution in [0.25, 0.3) is 22.5 Å². The lowest BCUT2D eigenvalue weighted by Gasteiger charge is -2.10. The molecule has 0 atom stereocenters. The second kappa shape index (κ2) is 5.67. The summed E-state index contributed by atoms with van der Waals surface area (Å²) in [6.07, 6.45) is 1.62. The highest BCUT2D eigenvalue weighted by molar-refractivity contribution is 5.93. The standard InChI is InChI=1S/C18H14O3/c1-20-18(19)14-9-10-15(13-6-3-2-4-7-13)16(12-14)17-8-5-11-21-17/h2-12H,1H3. The molecule has 1 aromatic heterocycles. The van der Waals surface area contributed by atoms with Crippen molar-refractivity contribution in [2.45, 2.75) is 0 Å². The molecule has 0 saturated carbocycles. The average molecular weight is 278 g/mol. The molecule has 3 heteroatoms. The molecule has 3 aromatic rings. The molecule has 0 amide bonds. The first-order chi connectivity index (χ1) is 10.3. The number of furan rings is 1. The van der Waals surface area contributed by atoms with Gasteiger partial charge in [0, 0.05) is 5.56 Å². The molecular weight excluding hydrogens is 264 g/mol. The zero-order chi connectivity index (χ0) is 14.7. The normalized spacial score (nSPS) is 10.3. The van der Waals surface area contributed by atoms with Crippen molar-refractivity contribution < 1.29 is 13.9 Å². The van der Waals surface area contributed by atoms with Crippen molar-refractivity contribution in [3.05, 3.63) is 72.5 Å². The van der Waals surface area contributed by atoms with Gasteiger partial charge in [0.2, 0.25) is 0 Å². The second-order valence-electron chi connectivity index (χ2n) is 4.60. The highest BCUT2D eigenvalue weighted by Gasteiger charge is 2.14. The molecule has 21 heavy (non-hydrogen) atoms. The Balaban J connectivity index is 2.18. The van der Waals surface area contributed by atoms with Gasteiger partial charge in [-0.05, 0) is 35.4 Å². The van der Waals surface area contributed by atoms with Crippen LogP contribution in [0.3, 0.4) is 0 Å². The summed E-state index contributed by atoms with van der Waals surface area (Å²) < 4.78 is 10.3. The zero-order valence-corrected chi connectivity index (χ0v) is 11.6. The molecule has 0 bridgehead atoms. The third-order valence-electron chi connectivity index (χ3n) is 3.31. The molecule has 104 valence electrons. The molecule has 0 N–H and O–H groups in total. The van der Waals surface area contributed by atoms with Crippen molar-refractivity contribution in [1.29, 1.82) is 0 Å². The van der Waals surface area contributed by atoms with E-state index in [1.165, 1.54) is 7.11 Å². The van der Waals surface area contributed by atoms with E-state index in [2.05, 4.69) is 0 Å². The van der Waals surface area contributed by atoms with Crippen LogP contribution in [0.5, 0.6) is 0 Å². The van der Waals surface area contributed by atoms with E-state index in [1.807, 2.05) is 48.5 Å². The smallest absolute Gasteiger partial charge is 0.337 e. The summed E-state index contributed by atoms with van der Waals surface area (Å²) in [5.74, 6) is 0.363. The molecule has 0 unspecified atom stereocenters. The van der Waals surface area contributed by atoms with Gasteiger partial charge in [-0.2, -0.15) is 0 Å². The summed E-state index contributed by atoms with van der Waals surface area (Å²) in [6, 6.07) is 19.2. The molecule has 2 aromatic carbocycles. The molecule has 0 saturated heterocycles. The number of hydrogen-bond acceptors (Lipinski definition) is 3. The van der Waals surface area contributed by atoms with Gasteiger partial charge < -0.3 is 9.15 Å². The number of carbonyl (C=O) groups is 1. The monoisotopic (exact) mass is 278 g/mol. The predicted molar refractivity (Wildman–Crippen MR) is 80.9 cm³/mol. The van der Waals surface area contributed by atoms with Gasteiger partial charge >= 0.3 is 5.97 Å². The van der Waals surface area contributed by atoms with Crippen LogP contribution in [0.4, 0.5) is 0 Å². The summed E-state index contributed by atoms with van der Waals surface area (Å²) in [6.45, 7) is 0. The molecule has 0 aliphatic rings. The van der Waals surface area contributed by atoms with E-state index in [9.17, 15) is 4.79 Å². The second-order valence-corrected chi connectivity index (χ2v) is 4.60. The predicted octanol–water partition coefficient (Wildman–Crippen LogP) is 4.40. The highest BCUT2D eigenvalue weighted by Crippen LogP contribution is 2.33. The summed E-state index contributed by atoms with van der Waals surface area (Å²) in [5, 5.41) is 0. The van der Waals surface area contributed by atoms with Crippen molar-refractivity contribution in [3.63, 3.8) is 0 Å². The quantitative estimate of drug-likeness (QED) is 0.666. The van der Waals surface area contributed by atoms with E-state index in [0.717, 1.165) is 22.5 Å². The third-order valence-corrected chi connectivity index (χ3v) is 3.31. The van der Waals surface area contributed by atoms with Crippen molar-refractivity contribution in [2.24, 2.45) is 0 Å². The number of benzene rings is 2. The largest absolute Gasteiger partial charge is 0.465 e. The van der Waals surface area contributed by atoms with Crippen molar-refractivity contribution in [2.75, 3.05) is 7.11 Å². The van der Waals surface area contributed by atoms with E-state index in [4.69, 9.17) is 9.15 Å². The topological polar surface area (TPSA) is 39.4 Å². The molecule has 0 spiro atoms. The Morgan fingerprint density at radius 1 is 0.952 bits per heavy atom. The van der Waals surface area contributed by atoms with Gasteiger partial charge in [-0.15, -0.1) is 0 Å². The Hall–Kier alpha value is -2.81. The summed E-state index contributed by atoms with van der Waals surface area (Å²) in [5.41, 5.74) is 3.45. The Kier molecular flexibility index (Phi) is 3.56. The van der Waals surface area contributed by atoms with Gasteiger partial charge in [0.25, 0.3) is 0 Å². The van der Waals surface area contributed by atoms with Gasteiger partial charge in [-0.25, -0.2) is 4.79 Å². The fraction of sp³-hybridized carbons (Fsp3) is 0.0556. The van der Waals surface area contributed by atoms with Crippen LogP contribution in [0.1, 0.15) is 10.4 Å². The molecule has 0 aliphatic carbocycles. The van der Waals surface area contributed by atoms with Crippen LogP contribution in [0.15, 0.2) is 71.3 Å².